The topological polar surface area (TPSA) is 46.5 Å². The predicted molar refractivity (Wildman–Crippen MR) is 98.5 cm³/mol. The number of ketones is 1. The molecular formula is C20H23BrO3. The largest absolute Gasteiger partial charge is 0.504 e. The van der Waals surface area contributed by atoms with Crippen LogP contribution < -0.4 is 4.74 Å². The van der Waals surface area contributed by atoms with Gasteiger partial charge in [-0.15, -0.1) is 0 Å². The van der Waals surface area contributed by atoms with Crippen LogP contribution in [0, 0.1) is 18.8 Å². The predicted octanol–water partition coefficient (Wildman–Crippen LogP) is 4.89. The smallest absolute Gasteiger partial charge is 0.161 e. The third-order valence-electron chi connectivity index (χ3n) is 5.50. The maximum atomic E-state index is 11.7. The lowest BCUT2D eigenvalue weighted by atomic mass is 9.66. The van der Waals surface area contributed by atoms with Crippen LogP contribution in [-0.4, -0.2) is 18.0 Å². The Morgan fingerprint density at radius 3 is 2.83 bits per heavy atom. The van der Waals surface area contributed by atoms with E-state index in [-0.39, 0.29) is 11.5 Å². The Bertz CT molecular complexity index is 733. The molecule has 0 aliphatic heterocycles. The Kier molecular flexibility index (Phi) is 4.86. The highest BCUT2D eigenvalue weighted by Crippen LogP contribution is 2.46. The van der Waals surface area contributed by atoms with Crippen molar-refractivity contribution in [2.45, 2.75) is 39.0 Å². The van der Waals surface area contributed by atoms with E-state index in [1.807, 2.05) is 19.1 Å². The van der Waals surface area contributed by atoms with Crippen LogP contribution in [0.2, 0.25) is 0 Å². The van der Waals surface area contributed by atoms with Gasteiger partial charge in [0.15, 0.2) is 17.3 Å². The normalized spacial score (nSPS) is 23.7. The van der Waals surface area contributed by atoms with E-state index >= 15 is 0 Å². The molecule has 1 aromatic carbocycles. The van der Waals surface area contributed by atoms with Crippen LogP contribution in [0.1, 0.15) is 36.8 Å². The summed E-state index contributed by atoms with van der Waals surface area (Å²) in [5.74, 6) is 1.66. The minimum absolute atomic E-state index is 0.201. The van der Waals surface area contributed by atoms with E-state index in [1.165, 1.54) is 11.1 Å². The minimum atomic E-state index is 0.201. The average Bonchev–Trinajstić information content (AvgIpc) is 2.56. The molecule has 3 nitrogen and oxygen atoms in total. The quantitative estimate of drug-likeness (QED) is 0.747. The Hall–Kier alpha value is -1.55. The molecule has 128 valence electrons. The van der Waals surface area contributed by atoms with Gasteiger partial charge in [-0.1, -0.05) is 33.7 Å². The number of benzene rings is 1. The zero-order valence-electron chi connectivity index (χ0n) is 14.2. The van der Waals surface area contributed by atoms with Crippen LogP contribution in [0.25, 0.3) is 0 Å². The lowest BCUT2D eigenvalue weighted by Gasteiger charge is -2.38. The fourth-order valence-electron chi connectivity index (χ4n) is 4.05. The number of hydrogen-bond acceptors (Lipinski definition) is 3. The van der Waals surface area contributed by atoms with Crippen molar-refractivity contribution in [3.05, 3.63) is 45.5 Å². The molecule has 1 N–H and O–H groups in total. The second-order valence-electron chi connectivity index (χ2n) is 6.81. The Balaban J connectivity index is 1.95. The first-order valence-electron chi connectivity index (χ1n) is 8.38. The molecule has 1 aromatic rings. The number of carbonyl (C=O) groups excluding carboxylic acids is 1. The molecule has 2 atom stereocenters. The van der Waals surface area contributed by atoms with E-state index in [4.69, 9.17) is 4.74 Å². The molecule has 1 fully saturated rings. The van der Waals surface area contributed by atoms with Gasteiger partial charge < -0.3 is 9.84 Å². The summed E-state index contributed by atoms with van der Waals surface area (Å²) in [6.45, 7) is 6.22. The minimum Gasteiger partial charge on any atom is -0.504 e. The number of halogens is 1. The first-order valence-corrected chi connectivity index (χ1v) is 9.17. The number of fused-ring (bicyclic) bond motifs is 1. The number of allylic oxidation sites excluding steroid dienone is 3. The van der Waals surface area contributed by atoms with Crippen LogP contribution >= 0.6 is 15.9 Å². The molecule has 0 spiro atoms. The lowest BCUT2D eigenvalue weighted by molar-refractivity contribution is -0.115. The van der Waals surface area contributed by atoms with Crippen molar-refractivity contribution in [2.75, 3.05) is 7.11 Å². The molecule has 0 aromatic heterocycles. The summed E-state index contributed by atoms with van der Waals surface area (Å²) in [6, 6.07) is 1.82. The Labute approximate surface area is 151 Å². The third kappa shape index (κ3) is 3.04. The van der Waals surface area contributed by atoms with Gasteiger partial charge >= 0.3 is 0 Å². The van der Waals surface area contributed by atoms with Crippen LogP contribution in [0.15, 0.2) is 34.3 Å². The number of methoxy groups -OCH3 is 1. The van der Waals surface area contributed by atoms with E-state index < -0.39 is 0 Å². The van der Waals surface area contributed by atoms with E-state index in [0.717, 1.165) is 41.3 Å². The Morgan fingerprint density at radius 1 is 1.38 bits per heavy atom. The Morgan fingerprint density at radius 2 is 2.12 bits per heavy atom. The average molecular weight is 391 g/mol. The first kappa shape index (κ1) is 17.3. The summed E-state index contributed by atoms with van der Waals surface area (Å²) >= 11 is 3.63. The molecule has 0 saturated heterocycles. The van der Waals surface area contributed by atoms with E-state index in [0.29, 0.717) is 24.0 Å². The van der Waals surface area contributed by atoms with Crippen molar-refractivity contribution < 1.29 is 14.6 Å². The van der Waals surface area contributed by atoms with Crippen molar-refractivity contribution in [3.63, 3.8) is 0 Å². The summed E-state index contributed by atoms with van der Waals surface area (Å²) < 4.78 is 6.18. The van der Waals surface area contributed by atoms with Gasteiger partial charge in [-0.25, -0.2) is 0 Å². The maximum absolute atomic E-state index is 11.7. The number of rotatable bonds is 3. The van der Waals surface area contributed by atoms with Gasteiger partial charge in [0.05, 0.1) is 7.11 Å². The summed E-state index contributed by atoms with van der Waals surface area (Å²) in [7, 11) is 1.56. The molecule has 0 bridgehead atoms. The lowest BCUT2D eigenvalue weighted by Crippen LogP contribution is -2.29. The van der Waals surface area contributed by atoms with Gasteiger partial charge in [0.2, 0.25) is 0 Å². The molecule has 24 heavy (non-hydrogen) atoms. The number of ether oxygens (including phenoxy) is 1. The highest BCUT2D eigenvalue weighted by molar-refractivity contribution is 9.10. The maximum Gasteiger partial charge on any atom is 0.161 e. The molecule has 0 amide bonds. The zero-order valence-corrected chi connectivity index (χ0v) is 15.8. The van der Waals surface area contributed by atoms with Gasteiger partial charge in [-0.2, -0.15) is 0 Å². The SMILES string of the molecule is C=C1CCC2=CC(=O)CCC2C1Cc1c(Br)cc(OC)c(O)c1C. The number of hydrogen-bond donors (Lipinski definition) is 1. The molecule has 0 heterocycles. The molecule has 0 radical (unpaired) electrons. The van der Waals surface area contributed by atoms with Gasteiger partial charge in [0.1, 0.15) is 0 Å². The highest BCUT2D eigenvalue weighted by atomic mass is 79.9. The summed E-state index contributed by atoms with van der Waals surface area (Å²) in [5, 5.41) is 10.3. The first-order chi connectivity index (χ1) is 11.4. The van der Waals surface area contributed by atoms with Crippen molar-refractivity contribution >= 4 is 21.7 Å². The van der Waals surface area contributed by atoms with Crippen LogP contribution in [0.4, 0.5) is 0 Å². The van der Waals surface area contributed by atoms with Crippen molar-refractivity contribution in [3.8, 4) is 11.5 Å². The summed E-state index contributed by atoms with van der Waals surface area (Å²) in [5.41, 5.74) is 4.48. The standard InChI is InChI=1S/C20H23BrO3/c1-11-4-5-13-8-14(22)6-7-15(13)16(11)9-17-12(2)20(23)19(24-3)10-18(17)21/h8,10,15-16,23H,1,4-7,9H2,2-3H3. The second-order valence-corrected chi connectivity index (χ2v) is 7.67. The van der Waals surface area contributed by atoms with Crippen LogP contribution in [0.5, 0.6) is 11.5 Å². The van der Waals surface area contributed by atoms with Gasteiger partial charge in [-0.05, 0) is 67.7 Å². The third-order valence-corrected chi connectivity index (χ3v) is 6.21. The molecule has 2 aliphatic carbocycles. The van der Waals surface area contributed by atoms with Gasteiger partial charge in [0.25, 0.3) is 0 Å². The number of aromatic hydroxyl groups is 1. The molecule has 2 aliphatic rings. The number of carbonyl (C=O) groups is 1. The molecule has 2 unspecified atom stereocenters. The van der Waals surface area contributed by atoms with E-state index in [9.17, 15) is 9.90 Å². The van der Waals surface area contributed by atoms with Crippen LogP contribution in [-0.2, 0) is 11.2 Å². The number of phenolic OH excluding ortho intramolecular Hbond substituents is 1. The van der Waals surface area contributed by atoms with Crippen molar-refractivity contribution in [2.24, 2.45) is 11.8 Å². The van der Waals surface area contributed by atoms with E-state index in [2.05, 4.69) is 22.5 Å². The van der Waals surface area contributed by atoms with Crippen LogP contribution in [0.3, 0.4) is 0 Å². The highest BCUT2D eigenvalue weighted by Gasteiger charge is 2.35. The summed E-state index contributed by atoms with van der Waals surface area (Å²) in [6.07, 6.45) is 6.12. The zero-order chi connectivity index (χ0) is 17.4. The van der Waals surface area contributed by atoms with Gasteiger partial charge in [0, 0.05) is 10.9 Å². The molecule has 4 heteroatoms. The fraction of sp³-hybridized carbons (Fsp3) is 0.450. The van der Waals surface area contributed by atoms with E-state index in [1.54, 1.807) is 7.11 Å². The summed E-state index contributed by atoms with van der Waals surface area (Å²) in [4.78, 5) is 11.7. The molecule has 3 rings (SSSR count). The van der Waals surface area contributed by atoms with Gasteiger partial charge in [-0.3, -0.25) is 4.79 Å². The molecule has 1 saturated carbocycles. The second kappa shape index (κ2) is 6.75. The number of phenols is 1. The molecular weight excluding hydrogens is 368 g/mol. The van der Waals surface area contributed by atoms with Crippen molar-refractivity contribution in [1.29, 1.82) is 0 Å². The monoisotopic (exact) mass is 390 g/mol. The van der Waals surface area contributed by atoms with Crippen molar-refractivity contribution in [1.82, 2.24) is 0 Å². The fourth-order valence-corrected chi connectivity index (χ4v) is 4.72.